The van der Waals surface area contributed by atoms with Crippen LogP contribution in [0.5, 0.6) is 0 Å². The van der Waals surface area contributed by atoms with Crippen LogP contribution in [0.4, 0.5) is 5.69 Å². The molecule has 8 nitrogen and oxygen atoms in total. The van der Waals surface area contributed by atoms with Gasteiger partial charge in [-0.3, -0.25) is 4.79 Å². The number of azide groups is 1. The van der Waals surface area contributed by atoms with Crippen molar-refractivity contribution in [2.24, 2.45) is 22.9 Å². The van der Waals surface area contributed by atoms with E-state index < -0.39 is 17.5 Å². The molecule has 0 aromatic heterocycles. The highest BCUT2D eigenvalue weighted by atomic mass is 16.5. The van der Waals surface area contributed by atoms with E-state index >= 15 is 0 Å². The monoisotopic (exact) mass is 369 g/mol. The Bertz CT molecular complexity index is 822. The van der Waals surface area contributed by atoms with Gasteiger partial charge in [-0.2, -0.15) is 4.79 Å². The number of hydrogen-bond donors (Lipinski definition) is 0. The van der Waals surface area contributed by atoms with Gasteiger partial charge < -0.3 is 10.3 Å². The van der Waals surface area contributed by atoms with E-state index in [0.717, 1.165) is 12.8 Å². The van der Waals surface area contributed by atoms with Crippen LogP contribution in [-0.4, -0.2) is 28.4 Å². The second-order valence-electron chi connectivity index (χ2n) is 7.25. The summed E-state index contributed by atoms with van der Waals surface area (Å²) in [7, 11) is 0. The van der Waals surface area contributed by atoms with Crippen molar-refractivity contribution in [3.05, 3.63) is 45.8 Å². The summed E-state index contributed by atoms with van der Waals surface area (Å²) in [5, 5.41) is 3.44. The summed E-state index contributed by atoms with van der Waals surface area (Å²) in [5.41, 5.74) is 17.2. The molecule has 0 heterocycles. The SMILES string of the molecule is CC(C)[C@@H]1CC[C@@H](C)C[C@H]1OC(=O)C(=[N+]=[N-])C(=O)c1ccccc1N=[N+]=[N-]. The molecule has 27 heavy (non-hydrogen) atoms. The minimum absolute atomic E-state index is 0.0301. The summed E-state index contributed by atoms with van der Waals surface area (Å²) >= 11 is 0. The third-order valence-corrected chi connectivity index (χ3v) is 5.03. The molecule has 8 heteroatoms. The maximum absolute atomic E-state index is 12.7. The van der Waals surface area contributed by atoms with Crippen molar-refractivity contribution in [3.63, 3.8) is 0 Å². The van der Waals surface area contributed by atoms with Crippen molar-refractivity contribution in [1.29, 1.82) is 0 Å². The van der Waals surface area contributed by atoms with E-state index in [1.807, 2.05) is 0 Å². The fourth-order valence-corrected chi connectivity index (χ4v) is 3.55. The second-order valence-corrected chi connectivity index (χ2v) is 7.25. The Balaban J connectivity index is 2.24. The number of benzene rings is 1. The molecule has 0 spiro atoms. The van der Waals surface area contributed by atoms with Crippen molar-refractivity contribution >= 4 is 23.2 Å². The summed E-state index contributed by atoms with van der Waals surface area (Å²) in [6.07, 6.45) is 2.38. The van der Waals surface area contributed by atoms with Crippen LogP contribution in [0, 0.1) is 17.8 Å². The largest absolute Gasteiger partial charge is 0.453 e. The van der Waals surface area contributed by atoms with E-state index in [2.05, 4.69) is 35.6 Å². The van der Waals surface area contributed by atoms with Gasteiger partial charge in [0, 0.05) is 16.2 Å². The molecule has 3 atom stereocenters. The predicted octanol–water partition coefficient (Wildman–Crippen LogP) is 4.49. The number of esters is 1. The lowest BCUT2D eigenvalue weighted by molar-refractivity contribution is -0.151. The second kappa shape index (κ2) is 9.12. The lowest BCUT2D eigenvalue weighted by Crippen LogP contribution is -2.39. The first-order chi connectivity index (χ1) is 12.9. The molecule has 1 aromatic rings. The first-order valence-electron chi connectivity index (χ1n) is 9.00. The van der Waals surface area contributed by atoms with Gasteiger partial charge in [0.1, 0.15) is 6.10 Å². The number of carbonyl (C=O) groups is 2. The van der Waals surface area contributed by atoms with Crippen LogP contribution < -0.4 is 0 Å². The predicted molar refractivity (Wildman–Crippen MR) is 99.4 cm³/mol. The van der Waals surface area contributed by atoms with Crippen molar-refractivity contribution in [1.82, 2.24) is 0 Å². The molecule has 2 rings (SSSR count). The van der Waals surface area contributed by atoms with Gasteiger partial charge in [-0.25, -0.2) is 4.79 Å². The Morgan fingerprint density at radius 3 is 2.56 bits per heavy atom. The van der Waals surface area contributed by atoms with Crippen molar-refractivity contribution in [2.75, 3.05) is 0 Å². The van der Waals surface area contributed by atoms with Gasteiger partial charge in [0.2, 0.25) is 0 Å². The average molecular weight is 369 g/mol. The Kier molecular flexibility index (Phi) is 6.88. The van der Waals surface area contributed by atoms with Crippen LogP contribution in [-0.2, 0) is 9.53 Å². The minimum Gasteiger partial charge on any atom is -0.453 e. The lowest BCUT2D eigenvalue weighted by atomic mass is 9.75. The number of Topliss-reactive ketones (excluding diaryl/α,β-unsaturated/α-hetero) is 1. The molecule has 0 saturated heterocycles. The van der Waals surface area contributed by atoms with Gasteiger partial charge in [0.05, 0.1) is 0 Å². The van der Waals surface area contributed by atoms with Crippen LogP contribution in [0.25, 0.3) is 16.0 Å². The zero-order valence-corrected chi connectivity index (χ0v) is 15.7. The number of hydrogen-bond acceptors (Lipinski definition) is 4. The van der Waals surface area contributed by atoms with Crippen molar-refractivity contribution in [3.8, 4) is 0 Å². The molecule has 1 saturated carbocycles. The van der Waals surface area contributed by atoms with Crippen LogP contribution >= 0.6 is 0 Å². The molecular formula is C19H23N5O3. The Labute approximate surface area is 157 Å². The zero-order chi connectivity index (χ0) is 20.0. The highest BCUT2D eigenvalue weighted by Crippen LogP contribution is 2.35. The maximum atomic E-state index is 12.7. The van der Waals surface area contributed by atoms with Crippen LogP contribution in [0.2, 0.25) is 0 Å². The van der Waals surface area contributed by atoms with E-state index in [9.17, 15) is 15.1 Å². The third-order valence-electron chi connectivity index (χ3n) is 5.03. The third kappa shape index (κ3) is 4.82. The number of ketones is 1. The van der Waals surface area contributed by atoms with E-state index in [0.29, 0.717) is 18.3 Å². The van der Waals surface area contributed by atoms with Crippen LogP contribution in [0.1, 0.15) is 50.4 Å². The number of nitrogens with zero attached hydrogens (tertiary/aromatic N) is 5. The number of ether oxygens (including phenoxy) is 1. The standard InChI is InChI=1S/C19H23N5O3/c1-11(2)13-9-8-12(3)10-16(13)27-19(26)17(22-20)18(25)14-6-4-5-7-15(14)23-24-21/h4-7,11-13,16H,8-10H2,1-3H3/t12-,13+,16-/m1/s1. The van der Waals surface area contributed by atoms with E-state index in [-0.39, 0.29) is 23.3 Å². The molecule has 0 N–H and O–H groups in total. The molecule has 142 valence electrons. The molecule has 1 aliphatic rings. The summed E-state index contributed by atoms with van der Waals surface area (Å²) < 4.78 is 5.58. The van der Waals surface area contributed by atoms with E-state index in [1.54, 1.807) is 12.1 Å². The number of carbonyl (C=O) groups excluding carboxylic acids is 2. The smallest absolute Gasteiger partial charge is 0.446 e. The van der Waals surface area contributed by atoms with Crippen molar-refractivity contribution < 1.29 is 19.1 Å². The van der Waals surface area contributed by atoms with Crippen molar-refractivity contribution in [2.45, 2.75) is 46.1 Å². The van der Waals surface area contributed by atoms with Crippen LogP contribution in [0.3, 0.4) is 0 Å². The summed E-state index contributed by atoms with van der Waals surface area (Å²) in [4.78, 5) is 30.8. The van der Waals surface area contributed by atoms with E-state index in [4.69, 9.17) is 10.3 Å². The Morgan fingerprint density at radius 2 is 1.93 bits per heavy atom. The summed E-state index contributed by atoms with van der Waals surface area (Å²) in [6, 6.07) is 5.97. The van der Waals surface area contributed by atoms with Gasteiger partial charge >= 0.3 is 11.7 Å². The molecule has 0 aliphatic heterocycles. The Hall–Kier alpha value is -2.95. The lowest BCUT2D eigenvalue weighted by Gasteiger charge is -2.36. The fraction of sp³-hybridized carbons (Fsp3) is 0.526. The number of rotatable bonds is 6. The quantitative estimate of drug-likeness (QED) is 0.139. The first-order valence-corrected chi connectivity index (χ1v) is 9.00. The molecule has 0 bridgehead atoms. The topological polar surface area (TPSA) is 129 Å². The van der Waals surface area contributed by atoms with Crippen LogP contribution in [0.15, 0.2) is 29.4 Å². The molecule has 0 radical (unpaired) electrons. The molecule has 0 amide bonds. The molecule has 1 fully saturated rings. The highest BCUT2D eigenvalue weighted by Gasteiger charge is 2.39. The van der Waals surface area contributed by atoms with E-state index in [1.165, 1.54) is 12.1 Å². The maximum Gasteiger partial charge on any atom is 0.446 e. The zero-order valence-electron chi connectivity index (χ0n) is 15.7. The van der Waals surface area contributed by atoms with Gasteiger partial charge in [0.25, 0.3) is 5.78 Å². The first kappa shape index (κ1) is 20.4. The summed E-state index contributed by atoms with van der Waals surface area (Å²) in [5.74, 6) is -0.894. The summed E-state index contributed by atoms with van der Waals surface area (Å²) in [6.45, 7) is 6.24. The average Bonchev–Trinajstić information content (AvgIpc) is 2.62. The molecule has 1 aromatic carbocycles. The van der Waals surface area contributed by atoms with Gasteiger partial charge in [-0.15, -0.1) is 0 Å². The highest BCUT2D eigenvalue weighted by molar-refractivity contribution is 6.66. The Morgan fingerprint density at radius 1 is 1.22 bits per heavy atom. The fourth-order valence-electron chi connectivity index (χ4n) is 3.55. The van der Waals surface area contributed by atoms with Gasteiger partial charge in [0.15, 0.2) is 0 Å². The molecular weight excluding hydrogens is 346 g/mol. The molecule has 1 aliphatic carbocycles. The normalized spacial score (nSPS) is 21.7. The van der Waals surface area contributed by atoms with Gasteiger partial charge in [-0.05, 0) is 36.1 Å². The minimum atomic E-state index is -0.969. The van der Waals surface area contributed by atoms with Gasteiger partial charge in [-0.1, -0.05) is 56.6 Å². The molecule has 0 unspecified atom stereocenters.